The molecule has 19 heavy (non-hydrogen) atoms. The maximum Gasteiger partial charge on any atom is 0.131 e. The van der Waals surface area contributed by atoms with Crippen molar-refractivity contribution in [2.75, 3.05) is 7.05 Å². The Morgan fingerprint density at radius 1 is 0.947 bits per heavy atom. The van der Waals surface area contributed by atoms with E-state index in [1.807, 2.05) is 7.05 Å². The fraction of sp³-hybridized carbons (Fsp3) is 0.750. The van der Waals surface area contributed by atoms with E-state index >= 15 is 0 Å². The van der Waals surface area contributed by atoms with Gasteiger partial charge in [-0.3, -0.25) is 0 Å². The molecule has 106 valence electrons. The number of rotatable bonds is 3. The molecule has 1 aromatic rings. The average Bonchev–Trinajstić information content (AvgIpc) is 2.33. The van der Waals surface area contributed by atoms with Crippen LogP contribution in [0.5, 0.6) is 0 Å². The fourth-order valence-corrected chi connectivity index (χ4v) is 3.09. The Labute approximate surface area is 117 Å². The molecule has 0 spiro atoms. The van der Waals surface area contributed by atoms with Crippen LogP contribution in [0.3, 0.4) is 0 Å². The van der Waals surface area contributed by atoms with E-state index in [0.717, 1.165) is 23.8 Å². The number of nitrogens with zero attached hydrogens (tertiary/aromatic N) is 2. The monoisotopic (exact) mass is 261 g/mol. The van der Waals surface area contributed by atoms with Crippen LogP contribution in [-0.2, 0) is 6.54 Å². The van der Waals surface area contributed by atoms with E-state index in [1.54, 1.807) is 0 Å². The predicted molar refractivity (Wildman–Crippen MR) is 79.3 cm³/mol. The Bertz CT molecular complexity index is 383. The van der Waals surface area contributed by atoms with Gasteiger partial charge in [-0.15, -0.1) is 0 Å². The van der Waals surface area contributed by atoms with Crippen LogP contribution in [0.2, 0.25) is 0 Å². The second kappa shape index (κ2) is 6.99. The molecule has 3 heteroatoms. The van der Waals surface area contributed by atoms with Crippen molar-refractivity contribution in [2.24, 2.45) is 0 Å². The summed E-state index contributed by atoms with van der Waals surface area (Å²) in [6.45, 7) is 5.10. The smallest absolute Gasteiger partial charge is 0.131 e. The average molecular weight is 261 g/mol. The number of hydrogen-bond donors (Lipinski definition) is 1. The van der Waals surface area contributed by atoms with Gasteiger partial charge in [-0.2, -0.15) is 0 Å². The van der Waals surface area contributed by atoms with Crippen molar-refractivity contribution in [3.05, 3.63) is 22.8 Å². The molecule has 0 amide bonds. The lowest BCUT2D eigenvalue weighted by atomic mass is 9.90. The third-order valence-electron chi connectivity index (χ3n) is 4.26. The lowest BCUT2D eigenvalue weighted by Crippen LogP contribution is -2.15. The van der Waals surface area contributed by atoms with Crippen molar-refractivity contribution in [1.29, 1.82) is 0 Å². The van der Waals surface area contributed by atoms with Gasteiger partial charge in [-0.1, -0.05) is 32.1 Å². The van der Waals surface area contributed by atoms with Crippen LogP contribution in [0.15, 0.2) is 0 Å². The molecule has 0 unspecified atom stereocenters. The Morgan fingerprint density at radius 2 is 1.47 bits per heavy atom. The van der Waals surface area contributed by atoms with Gasteiger partial charge in [-0.05, 0) is 33.7 Å². The first-order valence-electron chi connectivity index (χ1n) is 7.71. The van der Waals surface area contributed by atoms with Crippen molar-refractivity contribution in [1.82, 2.24) is 15.3 Å². The van der Waals surface area contributed by atoms with E-state index in [2.05, 4.69) is 19.2 Å². The first-order valence-corrected chi connectivity index (χ1v) is 7.71. The maximum absolute atomic E-state index is 4.80. The normalized spacial score (nSPS) is 18.1. The zero-order valence-electron chi connectivity index (χ0n) is 12.6. The minimum Gasteiger partial charge on any atom is -0.316 e. The summed E-state index contributed by atoms with van der Waals surface area (Å²) >= 11 is 0. The first kappa shape index (κ1) is 14.4. The molecule has 2 rings (SSSR count). The number of aromatic nitrogens is 2. The molecule has 0 radical (unpaired) electrons. The summed E-state index contributed by atoms with van der Waals surface area (Å²) in [5.74, 6) is 1.68. The molecular formula is C16H27N3. The Kier molecular flexibility index (Phi) is 5.32. The third-order valence-corrected chi connectivity index (χ3v) is 4.26. The molecular weight excluding hydrogens is 234 g/mol. The SMILES string of the molecule is CNCc1c(C)nc(C2CCCCCCC2)nc1C. The van der Waals surface area contributed by atoms with Crippen LogP contribution in [0.4, 0.5) is 0 Å². The second-order valence-electron chi connectivity index (χ2n) is 5.80. The van der Waals surface area contributed by atoms with Crippen LogP contribution in [0.25, 0.3) is 0 Å². The lowest BCUT2D eigenvalue weighted by molar-refractivity contribution is 0.440. The van der Waals surface area contributed by atoms with Gasteiger partial charge in [0.15, 0.2) is 0 Å². The third kappa shape index (κ3) is 3.75. The predicted octanol–water partition coefficient (Wildman–Crippen LogP) is 3.64. The molecule has 0 atom stereocenters. The fourth-order valence-electron chi connectivity index (χ4n) is 3.09. The van der Waals surface area contributed by atoms with Crippen molar-refractivity contribution < 1.29 is 0 Å². The molecule has 1 aromatic heterocycles. The van der Waals surface area contributed by atoms with E-state index in [-0.39, 0.29) is 0 Å². The summed E-state index contributed by atoms with van der Waals surface area (Å²) in [4.78, 5) is 9.59. The number of hydrogen-bond acceptors (Lipinski definition) is 3. The highest BCUT2D eigenvalue weighted by atomic mass is 14.9. The van der Waals surface area contributed by atoms with Gasteiger partial charge in [0.05, 0.1) is 0 Å². The van der Waals surface area contributed by atoms with Gasteiger partial charge in [0, 0.05) is 29.4 Å². The van der Waals surface area contributed by atoms with Gasteiger partial charge in [-0.25, -0.2) is 9.97 Å². The molecule has 1 saturated carbocycles. The van der Waals surface area contributed by atoms with Crippen LogP contribution in [0, 0.1) is 13.8 Å². The second-order valence-corrected chi connectivity index (χ2v) is 5.80. The summed E-state index contributed by atoms with van der Waals surface area (Å²) in [6.07, 6.45) is 9.38. The highest BCUT2D eigenvalue weighted by molar-refractivity contribution is 5.25. The molecule has 0 bridgehead atoms. The zero-order valence-corrected chi connectivity index (χ0v) is 12.6. The molecule has 3 nitrogen and oxygen atoms in total. The minimum absolute atomic E-state index is 0.585. The summed E-state index contributed by atoms with van der Waals surface area (Å²) in [5.41, 5.74) is 3.56. The molecule has 0 saturated heterocycles. The first-order chi connectivity index (χ1) is 9.22. The van der Waals surface area contributed by atoms with E-state index < -0.39 is 0 Å². The van der Waals surface area contributed by atoms with Gasteiger partial charge < -0.3 is 5.32 Å². The van der Waals surface area contributed by atoms with Gasteiger partial charge >= 0.3 is 0 Å². The topological polar surface area (TPSA) is 37.8 Å². The quantitative estimate of drug-likeness (QED) is 0.902. The minimum atomic E-state index is 0.585. The van der Waals surface area contributed by atoms with Crippen LogP contribution in [0.1, 0.15) is 73.6 Å². The van der Waals surface area contributed by atoms with Crippen molar-refractivity contribution in [3.63, 3.8) is 0 Å². The van der Waals surface area contributed by atoms with E-state index in [1.165, 1.54) is 50.5 Å². The molecule has 0 aromatic carbocycles. The van der Waals surface area contributed by atoms with Gasteiger partial charge in [0.1, 0.15) is 5.82 Å². The molecule has 1 heterocycles. The maximum atomic E-state index is 4.80. The van der Waals surface area contributed by atoms with Crippen LogP contribution >= 0.6 is 0 Å². The van der Waals surface area contributed by atoms with Gasteiger partial charge in [0.2, 0.25) is 0 Å². The van der Waals surface area contributed by atoms with Crippen LogP contribution < -0.4 is 5.32 Å². The van der Waals surface area contributed by atoms with Crippen molar-refractivity contribution in [3.8, 4) is 0 Å². The van der Waals surface area contributed by atoms with Crippen molar-refractivity contribution in [2.45, 2.75) is 71.3 Å². The number of nitrogens with one attached hydrogen (secondary N) is 1. The largest absolute Gasteiger partial charge is 0.316 e. The van der Waals surface area contributed by atoms with Crippen molar-refractivity contribution >= 4 is 0 Å². The van der Waals surface area contributed by atoms with E-state index in [0.29, 0.717) is 5.92 Å². The zero-order chi connectivity index (χ0) is 13.7. The Balaban J connectivity index is 2.19. The summed E-state index contributed by atoms with van der Waals surface area (Å²) in [6, 6.07) is 0. The highest BCUT2D eigenvalue weighted by Crippen LogP contribution is 2.29. The molecule has 1 aliphatic rings. The summed E-state index contributed by atoms with van der Waals surface area (Å²) < 4.78 is 0. The Morgan fingerprint density at radius 3 is 2.00 bits per heavy atom. The standard InChI is InChI=1S/C16H27N3/c1-12-15(11-17-3)13(2)19-16(18-12)14-9-7-5-4-6-8-10-14/h14,17H,4-11H2,1-3H3. The molecule has 1 N–H and O–H groups in total. The van der Waals surface area contributed by atoms with E-state index in [9.17, 15) is 0 Å². The molecule has 1 aliphatic carbocycles. The summed E-state index contributed by atoms with van der Waals surface area (Å²) in [5, 5.41) is 3.20. The van der Waals surface area contributed by atoms with E-state index in [4.69, 9.17) is 9.97 Å². The molecule has 0 aliphatic heterocycles. The van der Waals surface area contributed by atoms with Gasteiger partial charge in [0.25, 0.3) is 0 Å². The Hall–Kier alpha value is -0.960. The highest BCUT2D eigenvalue weighted by Gasteiger charge is 2.18. The number of aryl methyl sites for hydroxylation is 2. The van der Waals surface area contributed by atoms with Crippen LogP contribution in [-0.4, -0.2) is 17.0 Å². The molecule has 1 fully saturated rings. The lowest BCUT2D eigenvalue weighted by Gasteiger charge is -2.20. The summed E-state index contributed by atoms with van der Waals surface area (Å²) in [7, 11) is 1.97.